The molecular formula is C43H56N6O8. The number of nitrogens with zero attached hydrogens (tertiary/aromatic N) is 3. The summed E-state index contributed by atoms with van der Waals surface area (Å²) in [7, 11) is 0. The van der Waals surface area contributed by atoms with Crippen molar-refractivity contribution < 1.29 is 38.3 Å². The van der Waals surface area contributed by atoms with Crippen molar-refractivity contribution in [2.45, 2.75) is 122 Å². The van der Waals surface area contributed by atoms with E-state index in [2.05, 4.69) is 16.0 Å². The topological polar surface area (TPSA) is 175 Å². The van der Waals surface area contributed by atoms with Crippen molar-refractivity contribution >= 4 is 41.4 Å². The molecule has 4 heterocycles. The van der Waals surface area contributed by atoms with Crippen molar-refractivity contribution in [2.75, 3.05) is 26.2 Å². The minimum atomic E-state index is -1.42. The Balaban J connectivity index is 1.30. The molecule has 4 fully saturated rings. The zero-order valence-corrected chi connectivity index (χ0v) is 33.5. The summed E-state index contributed by atoms with van der Waals surface area (Å²) in [4.78, 5) is 102. The van der Waals surface area contributed by atoms with Gasteiger partial charge in [-0.3, -0.25) is 28.8 Å². The van der Waals surface area contributed by atoms with E-state index in [1.807, 2.05) is 69.3 Å². The van der Waals surface area contributed by atoms with Gasteiger partial charge in [-0.2, -0.15) is 0 Å². The van der Waals surface area contributed by atoms with Gasteiger partial charge in [0.2, 0.25) is 35.4 Å². The Kier molecular flexibility index (Phi) is 13.3. The van der Waals surface area contributed by atoms with Crippen LogP contribution in [0.3, 0.4) is 0 Å². The predicted octanol–water partition coefficient (Wildman–Crippen LogP) is 1.98. The minimum Gasteiger partial charge on any atom is -0.461 e. The Morgan fingerprint density at radius 1 is 0.825 bits per heavy atom. The van der Waals surface area contributed by atoms with Crippen LogP contribution < -0.4 is 16.0 Å². The summed E-state index contributed by atoms with van der Waals surface area (Å²) in [5, 5.41) is 8.47. The standard InChI is InChI=1S/C43H56N6O8/c1-5-29-14-16-30(17-15-29)23-37(50)45-32(22-31-11-8-10-26(2)20-31)38(51)46-33-25-57-43(56)35-13-9-19-48(35)40(53)28(4)44-39(52)34-12-6-7-18-47(34)42(55)36-21-27(3)24-49(36)41(33)54/h8,10-11,14-17,20,27-28,32-36H,5-7,9,12-13,18-19,21-25H2,1-4H3,(H,44,52)(H,45,50)(H,46,51)/t27-,28+,32+,33+,34+,35+,36+/m1/s1. The van der Waals surface area contributed by atoms with Crippen LogP contribution in [0, 0.1) is 12.8 Å². The summed E-state index contributed by atoms with van der Waals surface area (Å²) in [5.41, 5.74) is 3.67. The number of rotatable bonds is 8. The van der Waals surface area contributed by atoms with Crippen molar-refractivity contribution in [3.8, 4) is 0 Å². The van der Waals surface area contributed by atoms with Gasteiger partial charge in [-0.05, 0) is 81.4 Å². The molecule has 4 saturated heterocycles. The van der Waals surface area contributed by atoms with Crippen molar-refractivity contribution in [1.29, 1.82) is 0 Å². The van der Waals surface area contributed by atoms with E-state index in [4.69, 9.17) is 4.74 Å². The van der Waals surface area contributed by atoms with Gasteiger partial charge < -0.3 is 35.4 Å². The summed E-state index contributed by atoms with van der Waals surface area (Å²) in [6.45, 7) is 7.72. The largest absolute Gasteiger partial charge is 0.461 e. The highest BCUT2D eigenvalue weighted by atomic mass is 16.5. The number of nitrogens with one attached hydrogen (secondary N) is 3. The summed E-state index contributed by atoms with van der Waals surface area (Å²) in [5.74, 6) is -3.76. The molecule has 6 rings (SSSR count). The predicted molar refractivity (Wildman–Crippen MR) is 210 cm³/mol. The maximum Gasteiger partial charge on any atom is 0.328 e. The number of esters is 1. The smallest absolute Gasteiger partial charge is 0.328 e. The van der Waals surface area contributed by atoms with Crippen molar-refractivity contribution in [3.05, 3.63) is 70.8 Å². The number of benzene rings is 2. The first-order valence-corrected chi connectivity index (χ1v) is 20.4. The molecule has 4 aliphatic heterocycles. The van der Waals surface area contributed by atoms with Gasteiger partial charge in [-0.15, -0.1) is 0 Å². The van der Waals surface area contributed by atoms with E-state index in [1.165, 1.54) is 14.7 Å². The molecule has 306 valence electrons. The van der Waals surface area contributed by atoms with Crippen LogP contribution in [0.5, 0.6) is 0 Å². The number of aryl methyl sites for hydroxylation is 2. The number of ether oxygens (including phenoxy) is 1. The van der Waals surface area contributed by atoms with Crippen LogP contribution in [0.4, 0.5) is 0 Å². The minimum absolute atomic E-state index is 0.0295. The van der Waals surface area contributed by atoms with Crippen molar-refractivity contribution in [2.24, 2.45) is 5.92 Å². The Morgan fingerprint density at radius 2 is 1.53 bits per heavy atom. The number of hydrogen-bond donors (Lipinski definition) is 3. The summed E-state index contributed by atoms with van der Waals surface area (Å²) < 4.78 is 5.76. The van der Waals surface area contributed by atoms with Crippen LogP contribution in [0.25, 0.3) is 0 Å². The van der Waals surface area contributed by atoms with Crippen LogP contribution in [0.1, 0.15) is 81.5 Å². The third kappa shape index (κ3) is 9.82. The molecule has 0 spiro atoms. The Bertz CT molecular complexity index is 1850. The molecule has 2 aromatic carbocycles. The van der Waals surface area contributed by atoms with Gasteiger partial charge in [-0.25, -0.2) is 4.79 Å². The van der Waals surface area contributed by atoms with Gasteiger partial charge in [0, 0.05) is 26.1 Å². The molecule has 0 aromatic heterocycles. The molecule has 0 saturated carbocycles. The van der Waals surface area contributed by atoms with E-state index in [-0.39, 0.29) is 43.7 Å². The average molecular weight is 785 g/mol. The first-order chi connectivity index (χ1) is 27.3. The molecule has 6 amide bonds. The highest BCUT2D eigenvalue weighted by Gasteiger charge is 2.46. The average Bonchev–Trinajstić information content (AvgIpc) is 3.85. The van der Waals surface area contributed by atoms with Gasteiger partial charge in [0.1, 0.15) is 42.9 Å². The second-order valence-corrected chi connectivity index (χ2v) is 16.2. The number of hydrogen-bond acceptors (Lipinski definition) is 8. The number of carbonyl (C=O) groups is 7. The maximum absolute atomic E-state index is 14.7. The zero-order chi connectivity index (χ0) is 40.8. The molecule has 3 N–H and O–H groups in total. The van der Waals surface area contributed by atoms with E-state index in [0.29, 0.717) is 45.1 Å². The second kappa shape index (κ2) is 18.3. The van der Waals surface area contributed by atoms with E-state index >= 15 is 0 Å². The monoisotopic (exact) mass is 784 g/mol. The van der Waals surface area contributed by atoms with E-state index in [9.17, 15) is 33.6 Å². The molecule has 0 aliphatic carbocycles. The summed E-state index contributed by atoms with van der Waals surface area (Å²) >= 11 is 0. The number of cyclic esters (lactones) is 1. The van der Waals surface area contributed by atoms with Crippen LogP contribution in [-0.2, 0) is 57.6 Å². The first-order valence-electron chi connectivity index (χ1n) is 20.4. The van der Waals surface area contributed by atoms with Gasteiger partial charge in [-0.1, -0.05) is 67.9 Å². The fraction of sp³-hybridized carbons (Fsp3) is 0.558. The molecule has 2 aromatic rings. The molecule has 14 heteroatoms. The van der Waals surface area contributed by atoms with Crippen LogP contribution in [0.15, 0.2) is 48.5 Å². The number of amides is 6. The Hall–Kier alpha value is -5.27. The van der Waals surface area contributed by atoms with Crippen LogP contribution in [-0.4, -0.2) is 119 Å². The van der Waals surface area contributed by atoms with Gasteiger partial charge >= 0.3 is 5.97 Å². The fourth-order valence-electron chi connectivity index (χ4n) is 8.60. The molecule has 57 heavy (non-hydrogen) atoms. The molecular weight excluding hydrogens is 729 g/mol. The summed E-state index contributed by atoms with van der Waals surface area (Å²) in [6, 6.07) is 9.08. The lowest BCUT2D eigenvalue weighted by Crippen LogP contribution is -2.62. The highest BCUT2D eigenvalue weighted by Crippen LogP contribution is 2.29. The lowest BCUT2D eigenvalue weighted by atomic mass is 9.98. The SMILES string of the molecule is CCc1ccc(CC(=O)N[C@@H](Cc2cccc(C)c2)C(=O)N[C@H]2COC(=O)[C@@H]3CCCN3C(=O)[C@H](C)NC(=O)[C@@H]3CCCCN3C(=O)[C@@H]3C[C@@H](C)CN3C2=O)cc1. The van der Waals surface area contributed by atoms with Crippen molar-refractivity contribution in [3.63, 3.8) is 0 Å². The quantitative estimate of drug-likeness (QED) is 0.341. The lowest BCUT2D eigenvalue weighted by molar-refractivity contribution is -0.158. The number of fused-ring (bicyclic) bond motifs is 3. The van der Waals surface area contributed by atoms with Crippen LogP contribution >= 0.6 is 0 Å². The van der Waals surface area contributed by atoms with Gasteiger partial charge in [0.25, 0.3) is 0 Å². The third-order valence-corrected chi connectivity index (χ3v) is 11.7. The molecule has 0 bridgehead atoms. The Labute approximate surface area is 334 Å². The first kappa shape index (κ1) is 41.4. The van der Waals surface area contributed by atoms with Crippen molar-refractivity contribution in [1.82, 2.24) is 30.7 Å². The normalized spacial score (nSPS) is 26.5. The molecule has 4 aliphatic rings. The zero-order valence-electron chi connectivity index (χ0n) is 33.5. The third-order valence-electron chi connectivity index (χ3n) is 11.7. The van der Waals surface area contributed by atoms with Gasteiger partial charge in [0.15, 0.2) is 0 Å². The number of piperidine rings is 1. The molecule has 0 unspecified atom stereocenters. The Morgan fingerprint density at radius 3 is 2.26 bits per heavy atom. The second-order valence-electron chi connectivity index (χ2n) is 16.2. The highest BCUT2D eigenvalue weighted by molar-refractivity contribution is 5.98. The van der Waals surface area contributed by atoms with E-state index in [1.54, 1.807) is 6.92 Å². The number of carbonyl (C=O) groups excluding carboxylic acids is 7. The molecule has 0 radical (unpaired) electrons. The van der Waals surface area contributed by atoms with Crippen LogP contribution in [0.2, 0.25) is 0 Å². The molecule has 14 nitrogen and oxygen atoms in total. The lowest BCUT2D eigenvalue weighted by Gasteiger charge is -2.39. The summed E-state index contributed by atoms with van der Waals surface area (Å²) in [6.07, 6.45) is 4.02. The molecule has 7 atom stereocenters. The fourth-order valence-corrected chi connectivity index (χ4v) is 8.60. The maximum atomic E-state index is 14.7. The van der Waals surface area contributed by atoms with Gasteiger partial charge in [0.05, 0.1) is 6.42 Å². The van der Waals surface area contributed by atoms with E-state index in [0.717, 1.165) is 28.7 Å². The van der Waals surface area contributed by atoms with E-state index < -0.39 is 72.5 Å².